The van der Waals surface area contributed by atoms with Gasteiger partial charge in [0.05, 0.1) is 25.2 Å². The van der Waals surface area contributed by atoms with Crippen molar-refractivity contribution in [1.29, 1.82) is 0 Å². The van der Waals surface area contributed by atoms with Gasteiger partial charge in [0.1, 0.15) is 24.1 Å². The number of carbonyl (C=O) groups excluding carboxylic acids is 1. The molecule has 1 aliphatic heterocycles. The minimum atomic E-state index is -4.19. The number of hydrogen-bond donors (Lipinski definition) is 2. The van der Waals surface area contributed by atoms with Crippen LogP contribution in [0.5, 0.6) is 11.5 Å². The van der Waals surface area contributed by atoms with Crippen LogP contribution in [0.1, 0.15) is 12.0 Å². The summed E-state index contributed by atoms with van der Waals surface area (Å²) < 4.78 is 42.8. The van der Waals surface area contributed by atoms with Crippen LogP contribution in [0.3, 0.4) is 0 Å². The van der Waals surface area contributed by atoms with Crippen molar-refractivity contribution in [1.82, 2.24) is 9.62 Å². The molecule has 0 spiro atoms. The number of carbonyl (C=O) groups is 2. The number of nitrogens with one attached hydrogen (secondary N) is 1. The molecule has 2 N–H and O–H groups in total. The molecule has 10 nitrogen and oxygen atoms in total. The van der Waals surface area contributed by atoms with Gasteiger partial charge in [0, 0.05) is 6.54 Å². The molecule has 0 fully saturated rings. The van der Waals surface area contributed by atoms with Crippen LogP contribution in [0.4, 0.5) is 4.79 Å². The zero-order valence-electron chi connectivity index (χ0n) is 18.7. The molecule has 0 saturated carbocycles. The molecule has 2 unspecified atom stereocenters. The van der Waals surface area contributed by atoms with Gasteiger partial charge in [0.2, 0.25) is 10.0 Å². The third-order valence-corrected chi connectivity index (χ3v) is 7.15. The standard InChI is InChI=1S/C23H26N2O8S/c1-31-17-8-6-16(7-9-17)15-33-23(28)24-20-5-3-4-14-25(21(20)22(26)27)34(29,30)19-12-10-18(32-2)11-13-19/h3-4,6-13,20-21H,5,14-15H2,1-2H3,(H,24,28)(H,26,27). The largest absolute Gasteiger partial charge is 0.497 e. The van der Waals surface area contributed by atoms with E-state index in [4.69, 9.17) is 14.2 Å². The fraction of sp³-hybridized carbons (Fsp3) is 0.304. The fourth-order valence-electron chi connectivity index (χ4n) is 3.49. The molecule has 11 heteroatoms. The number of methoxy groups -OCH3 is 2. The highest BCUT2D eigenvalue weighted by Gasteiger charge is 2.42. The average molecular weight is 491 g/mol. The lowest BCUT2D eigenvalue weighted by atomic mass is 10.1. The summed E-state index contributed by atoms with van der Waals surface area (Å²) in [5.41, 5.74) is 0.704. The maximum absolute atomic E-state index is 13.3. The molecule has 3 rings (SSSR count). The Hall–Kier alpha value is -3.57. The van der Waals surface area contributed by atoms with Gasteiger partial charge in [-0.3, -0.25) is 4.79 Å². The number of benzene rings is 2. The number of amides is 1. The quantitative estimate of drug-likeness (QED) is 0.540. The van der Waals surface area contributed by atoms with Gasteiger partial charge in [0.15, 0.2) is 0 Å². The van der Waals surface area contributed by atoms with Crippen LogP contribution < -0.4 is 14.8 Å². The Kier molecular flexibility index (Phi) is 8.13. The lowest BCUT2D eigenvalue weighted by Gasteiger charge is -2.31. The fourth-order valence-corrected chi connectivity index (χ4v) is 5.06. The first-order chi connectivity index (χ1) is 16.3. The Morgan fingerprint density at radius 2 is 1.59 bits per heavy atom. The third-order valence-electron chi connectivity index (χ3n) is 5.28. The topological polar surface area (TPSA) is 131 Å². The van der Waals surface area contributed by atoms with Crippen LogP contribution >= 0.6 is 0 Å². The maximum atomic E-state index is 13.3. The molecule has 2 atom stereocenters. The van der Waals surface area contributed by atoms with Crippen molar-refractivity contribution >= 4 is 22.1 Å². The number of alkyl carbamates (subject to hydrolysis) is 1. The number of hydrogen-bond acceptors (Lipinski definition) is 7. The Balaban J connectivity index is 1.76. The Labute approximate surface area is 197 Å². The first-order valence-corrected chi connectivity index (χ1v) is 11.8. The lowest BCUT2D eigenvalue weighted by Crippen LogP contribution is -2.56. The summed E-state index contributed by atoms with van der Waals surface area (Å²) in [5.74, 6) is -0.272. The van der Waals surface area contributed by atoms with E-state index in [1.165, 1.54) is 38.5 Å². The lowest BCUT2D eigenvalue weighted by molar-refractivity contribution is -0.142. The third kappa shape index (κ3) is 5.86. The predicted molar refractivity (Wildman–Crippen MR) is 122 cm³/mol. The van der Waals surface area contributed by atoms with Crippen molar-refractivity contribution in [3.05, 3.63) is 66.2 Å². The second kappa shape index (κ2) is 11.0. The minimum absolute atomic E-state index is 0.0516. The van der Waals surface area contributed by atoms with E-state index in [9.17, 15) is 23.1 Å². The summed E-state index contributed by atoms with van der Waals surface area (Å²) in [6, 6.07) is 9.92. The highest BCUT2D eigenvalue weighted by Crippen LogP contribution is 2.25. The number of carboxylic acid groups (broad SMARTS) is 1. The molecule has 0 aromatic heterocycles. The van der Waals surface area contributed by atoms with Gasteiger partial charge < -0.3 is 24.6 Å². The summed E-state index contributed by atoms with van der Waals surface area (Å²) in [6.07, 6.45) is 2.45. The minimum Gasteiger partial charge on any atom is -0.497 e. The molecule has 182 valence electrons. The molecule has 2 aromatic rings. The second-order valence-corrected chi connectivity index (χ2v) is 9.31. The van der Waals surface area contributed by atoms with Crippen molar-refractivity contribution in [2.45, 2.75) is 30.0 Å². The molecule has 1 amide bonds. The highest BCUT2D eigenvalue weighted by atomic mass is 32.2. The molecular formula is C23H26N2O8S. The van der Waals surface area contributed by atoms with E-state index < -0.39 is 34.2 Å². The first kappa shape index (κ1) is 25.1. The molecule has 0 radical (unpaired) electrons. The van der Waals surface area contributed by atoms with Crippen LogP contribution in [0, 0.1) is 0 Å². The van der Waals surface area contributed by atoms with Gasteiger partial charge in [-0.1, -0.05) is 24.3 Å². The van der Waals surface area contributed by atoms with E-state index in [0.29, 0.717) is 17.1 Å². The Morgan fingerprint density at radius 1 is 1.00 bits per heavy atom. The van der Waals surface area contributed by atoms with E-state index >= 15 is 0 Å². The molecule has 0 aliphatic carbocycles. The van der Waals surface area contributed by atoms with Gasteiger partial charge in [-0.15, -0.1) is 0 Å². The summed E-state index contributed by atoms with van der Waals surface area (Å²) in [4.78, 5) is 24.5. The van der Waals surface area contributed by atoms with Crippen LogP contribution in [-0.2, 0) is 26.2 Å². The van der Waals surface area contributed by atoms with Gasteiger partial charge >= 0.3 is 12.1 Å². The molecule has 0 bridgehead atoms. The van der Waals surface area contributed by atoms with Crippen molar-refractivity contribution < 1.29 is 37.3 Å². The van der Waals surface area contributed by atoms with Crippen molar-refractivity contribution in [3.8, 4) is 11.5 Å². The van der Waals surface area contributed by atoms with E-state index in [2.05, 4.69) is 5.32 Å². The van der Waals surface area contributed by atoms with Gasteiger partial charge in [0.25, 0.3) is 0 Å². The van der Waals surface area contributed by atoms with Gasteiger partial charge in [-0.05, 0) is 48.4 Å². The van der Waals surface area contributed by atoms with Crippen LogP contribution in [-0.4, -0.2) is 62.7 Å². The molecule has 2 aromatic carbocycles. The number of aliphatic carboxylic acids is 1. The zero-order chi connectivity index (χ0) is 24.7. The summed E-state index contributed by atoms with van der Waals surface area (Å²) in [5, 5.41) is 12.4. The number of ether oxygens (including phenoxy) is 3. The predicted octanol–water partition coefficient (Wildman–Crippen LogP) is 2.40. The normalized spacial score (nSPS) is 18.5. The molecule has 1 aliphatic rings. The summed E-state index contributed by atoms with van der Waals surface area (Å²) in [7, 11) is -1.20. The van der Waals surface area contributed by atoms with Crippen LogP contribution in [0.25, 0.3) is 0 Å². The Morgan fingerprint density at radius 3 is 2.15 bits per heavy atom. The van der Waals surface area contributed by atoms with Crippen molar-refractivity contribution in [3.63, 3.8) is 0 Å². The molecular weight excluding hydrogens is 464 g/mol. The van der Waals surface area contributed by atoms with Gasteiger partial charge in [-0.25, -0.2) is 13.2 Å². The molecule has 0 saturated heterocycles. The SMILES string of the molecule is COc1ccc(COC(=O)NC2CC=CCN(S(=O)(=O)c3ccc(OC)cc3)C2C(=O)O)cc1. The van der Waals surface area contributed by atoms with Crippen molar-refractivity contribution in [2.75, 3.05) is 20.8 Å². The number of sulfonamides is 1. The smallest absolute Gasteiger partial charge is 0.407 e. The van der Waals surface area contributed by atoms with Gasteiger partial charge in [-0.2, -0.15) is 4.31 Å². The van der Waals surface area contributed by atoms with Crippen molar-refractivity contribution in [2.24, 2.45) is 0 Å². The number of nitrogens with zero attached hydrogens (tertiary/aromatic N) is 1. The maximum Gasteiger partial charge on any atom is 0.407 e. The first-order valence-electron chi connectivity index (χ1n) is 10.4. The number of carboxylic acids is 1. The van der Waals surface area contributed by atoms with Crippen LogP contribution in [0.15, 0.2) is 65.6 Å². The summed E-state index contributed by atoms with van der Waals surface area (Å²) in [6.45, 7) is -0.214. The van der Waals surface area contributed by atoms with E-state index in [-0.39, 0.29) is 24.5 Å². The Bertz CT molecular complexity index is 1130. The van der Waals surface area contributed by atoms with E-state index in [1.54, 1.807) is 36.4 Å². The highest BCUT2D eigenvalue weighted by molar-refractivity contribution is 7.89. The van der Waals surface area contributed by atoms with E-state index in [1.807, 2.05) is 0 Å². The monoisotopic (exact) mass is 490 g/mol. The second-order valence-electron chi connectivity index (χ2n) is 7.42. The average Bonchev–Trinajstić information content (AvgIpc) is 3.06. The van der Waals surface area contributed by atoms with Crippen LogP contribution in [0.2, 0.25) is 0 Å². The zero-order valence-corrected chi connectivity index (χ0v) is 19.5. The van der Waals surface area contributed by atoms with E-state index in [0.717, 1.165) is 4.31 Å². The molecule has 34 heavy (non-hydrogen) atoms. The molecule has 1 heterocycles. The summed E-state index contributed by atoms with van der Waals surface area (Å²) >= 11 is 0. The number of rotatable bonds is 8.